The van der Waals surface area contributed by atoms with E-state index >= 15 is 0 Å². The maximum absolute atomic E-state index is 12.1. The Kier molecular flexibility index (Phi) is 5.59. The molecular weight excluding hydrogens is 320 g/mol. The lowest BCUT2D eigenvalue weighted by molar-refractivity contribution is -0.153. The van der Waals surface area contributed by atoms with Gasteiger partial charge in [0.1, 0.15) is 5.75 Å². The Morgan fingerprint density at radius 1 is 1.29 bits per heavy atom. The van der Waals surface area contributed by atoms with Crippen LogP contribution in [0.15, 0.2) is 18.2 Å². The van der Waals surface area contributed by atoms with Gasteiger partial charge in [-0.05, 0) is 25.0 Å². The predicted molar refractivity (Wildman–Crippen MR) is 65.1 cm³/mol. The minimum absolute atomic E-state index is 0.204. The van der Waals surface area contributed by atoms with Gasteiger partial charge in [-0.1, -0.05) is 33.6 Å². The molecule has 0 atom stereocenters. The third-order valence-corrected chi connectivity index (χ3v) is 2.94. The summed E-state index contributed by atoms with van der Waals surface area (Å²) >= 11 is 9.20. The molecule has 1 aromatic carbocycles. The van der Waals surface area contributed by atoms with E-state index in [9.17, 15) is 13.2 Å². The quantitative estimate of drug-likeness (QED) is 0.716. The molecule has 17 heavy (non-hydrogen) atoms. The van der Waals surface area contributed by atoms with Gasteiger partial charge >= 0.3 is 6.18 Å². The molecular formula is C11H11BrClF3O. The zero-order chi connectivity index (χ0) is 12.9. The topological polar surface area (TPSA) is 9.23 Å². The van der Waals surface area contributed by atoms with E-state index in [4.69, 9.17) is 16.3 Å². The maximum Gasteiger partial charge on any atom is 0.422 e. The van der Waals surface area contributed by atoms with Crippen molar-refractivity contribution in [3.8, 4) is 5.75 Å². The van der Waals surface area contributed by atoms with Crippen LogP contribution in [0, 0.1) is 0 Å². The van der Waals surface area contributed by atoms with Crippen LogP contribution in [0.5, 0.6) is 5.75 Å². The minimum atomic E-state index is -4.34. The average molecular weight is 332 g/mol. The molecule has 0 saturated heterocycles. The van der Waals surface area contributed by atoms with Gasteiger partial charge in [0.25, 0.3) is 0 Å². The van der Waals surface area contributed by atoms with Gasteiger partial charge in [-0.2, -0.15) is 13.2 Å². The largest absolute Gasteiger partial charge is 0.484 e. The second kappa shape index (κ2) is 6.50. The summed E-state index contributed by atoms with van der Waals surface area (Å²) in [6.07, 6.45) is -2.97. The van der Waals surface area contributed by atoms with Crippen molar-refractivity contribution in [1.29, 1.82) is 0 Å². The van der Waals surface area contributed by atoms with Gasteiger partial charge in [-0.15, -0.1) is 0 Å². The van der Waals surface area contributed by atoms with E-state index < -0.39 is 12.8 Å². The standard InChI is InChI=1S/C11H11BrClF3O/c12-6-2-3-8-9(13)4-1-5-10(8)17-7-11(14,15)16/h1,4-5H,2-3,6-7H2. The van der Waals surface area contributed by atoms with Crippen molar-refractivity contribution in [2.24, 2.45) is 0 Å². The van der Waals surface area contributed by atoms with E-state index in [2.05, 4.69) is 15.9 Å². The molecule has 6 heteroatoms. The first-order valence-corrected chi connectivity index (χ1v) is 6.47. The van der Waals surface area contributed by atoms with Gasteiger partial charge < -0.3 is 4.74 Å². The minimum Gasteiger partial charge on any atom is -0.484 e. The molecule has 0 bridgehead atoms. The molecule has 0 aliphatic carbocycles. The molecule has 0 N–H and O–H groups in total. The summed E-state index contributed by atoms with van der Waals surface area (Å²) in [5.74, 6) is 0.204. The van der Waals surface area contributed by atoms with Crippen LogP contribution >= 0.6 is 27.5 Å². The highest BCUT2D eigenvalue weighted by molar-refractivity contribution is 9.09. The molecule has 0 heterocycles. The van der Waals surface area contributed by atoms with Crippen molar-refractivity contribution in [3.63, 3.8) is 0 Å². The lowest BCUT2D eigenvalue weighted by atomic mass is 10.1. The van der Waals surface area contributed by atoms with Crippen molar-refractivity contribution >= 4 is 27.5 Å². The van der Waals surface area contributed by atoms with E-state index in [1.54, 1.807) is 12.1 Å². The van der Waals surface area contributed by atoms with Gasteiger partial charge in [0.05, 0.1) is 0 Å². The molecule has 0 aliphatic heterocycles. The maximum atomic E-state index is 12.1. The van der Waals surface area contributed by atoms with Gasteiger partial charge in [0.15, 0.2) is 6.61 Å². The van der Waals surface area contributed by atoms with Crippen LogP contribution in [-0.2, 0) is 6.42 Å². The summed E-state index contributed by atoms with van der Waals surface area (Å²) in [7, 11) is 0. The van der Waals surface area contributed by atoms with Gasteiger partial charge in [0, 0.05) is 15.9 Å². The molecule has 96 valence electrons. The van der Waals surface area contributed by atoms with Crippen LogP contribution in [0.4, 0.5) is 13.2 Å². The van der Waals surface area contributed by atoms with Crippen molar-refractivity contribution in [2.45, 2.75) is 19.0 Å². The third kappa shape index (κ3) is 5.17. The highest BCUT2D eigenvalue weighted by atomic mass is 79.9. The third-order valence-electron chi connectivity index (χ3n) is 2.03. The molecule has 0 fully saturated rings. The average Bonchev–Trinajstić information content (AvgIpc) is 2.24. The Bertz CT molecular complexity index is 368. The van der Waals surface area contributed by atoms with Crippen LogP contribution in [-0.4, -0.2) is 18.1 Å². The summed E-state index contributed by atoms with van der Waals surface area (Å²) in [6.45, 7) is -1.30. The fourth-order valence-corrected chi connectivity index (χ4v) is 1.86. The SMILES string of the molecule is FC(F)(F)COc1cccc(Cl)c1CCCBr. The number of hydrogen-bond acceptors (Lipinski definition) is 1. The molecule has 1 nitrogen and oxygen atoms in total. The second-order valence-corrected chi connectivity index (χ2v) is 4.61. The summed E-state index contributed by atoms with van der Waals surface area (Å²) in [4.78, 5) is 0. The van der Waals surface area contributed by atoms with E-state index in [0.717, 1.165) is 11.8 Å². The summed E-state index contributed by atoms with van der Waals surface area (Å²) in [6, 6.07) is 4.72. The predicted octanol–water partition coefficient (Wildman–Crippen LogP) is 4.61. The first-order chi connectivity index (χ1) is 7.94. The number of rotatable bonds is 5. The Morgan fingerprint density at radius 2 is 2.00 bits per heavy atom. The molecule has 0 aliphatic rings. The first-order valence-electron chi connectivity index (χ1n) is 4.97. The van der Waals surface area contributed by atoms with Crippen LogP contribution < -0.4 is 4.74 Å². The highest BCUT2D eigenvalue weighted by Crippen LogP contribution is 2.29. The summed E-state index contributed by atoms with van der Waals surface area (Å²) in [5, 5.41) is 1.20. The van der Waals surface area contributed by atoms with Crippen LogP contribution in [0.25, 0.3) is 0 Å². The summed E-state index contributed by atoms with van der Waals surface area (Å²) < 4.78 is 40.9. The molecule has 0 radical (unpaired) electrons. The van der Waals surface area contributed by atoms with Crippen LogP contribution in [0.2, 0.25) is 5.02 Å². The smallest absolute Gasteiger partial charge is 0.422 e. The zero-order valence-corrected chi connectivity index (χ0v) is 11.2. The second-order valence-electron chi connectivity index (χ2n) is 3.41. The Morgan fingerprint density at radius 3 is 2.59 bits per heavy atom. The van der Waals surface area contributed by atoms with Crippen molar-refractivity contribution in [3.05, 3.63) is 28.8 Å². The summed E-state index contributed by atoms with van der Waals surface area (Å²) in [5.41, 5.74) is 0.623. The zero-order valence-electron chi connectivity index (χ0n) is 8.86. The molecule has 1 rings (SSSR count). The van der Waals surface area contributed by atoms with Gasteiger partial charge in [-0.25, -0.2) is 0 Å². The lowest BCUT2D eigenvalue weighted by Gasteiger charge is -2.14. The van der Waals surface area contributed by atoms with Gasteiger partial charge in [-0.3, -0.25) is 0 Å². The van der Waals surface area contributed by atoms with Crippen LogP contribution in [0.1, 0.15) is 12.0 Å². The van der Waals surface area contributed by atoms with Crippen LogP contribution in [0.3, 0.4) is 0 Å². The molecule has 0 aromatic heterocycles. The first kappa shape index (κ1) is 14.6. The van der Waals surface area contributed by atoms with E-state index in [1.165, 1.54) is 6.07 Å². The monoisotopic (exact) mass is 330 g/mol. The van der Waals surface area contributed by atoms with E-state index in [0.29, 0.717) is 17.0 Å². The Labute approximate surface area is 111 Å². The normalized spacial score (nSPS) is 11.6. The number of benzene rings is 1. The van der Waals surface area contributed by atoms with Crippen molar-refractivity contribution < 1.29 is 17.9 Å². The molecule has 0 saturated carbocycles. The molecule has 1 aromatic rings. The fourth-order valence-electron chi connectivity index (χ4n) is 1.32. The Hall–Kier alpha value is -0.420. The van der Waals surface area contributed by atoms with E-state index in [1.807, 2.05) is 0 Å². The number of ether oxygens (including phenoxy) is 1. The Balaban J connectivity index is 2.79. The van der Waals surface area contributed by atoms with E-state index in [-0.39, 0.29) is 5.75 Å². The molecule has 0 spiro atoms. The van der Waals surface area contributed by atoms with Crippen molar-refractivity contribution in [1.82, 2.24) is 0 Å². The number of hydrogen-bond donors (Lipinski definition) is 0. The number of alkyl halides is 4. The van der Waals surface area contributed by atoms with Crippen molar-refractivity contribution in [2.75, 3.05) is 11.9 Å². The fraction of sp³-hybridized carbons (Fsp3) is 0.455. The lowest BCUT2D eigenvalue weighted by Crippen LogP contribution is -2.19. The van der Waals surface area contributed by atoms with Gasteiger partial charge in [0.2, 0.25) is 0 Å². The molecule has 0 amide bonds. The number of halogens is 5. The molecule has 0 unspecified atom stereocenters. The highest BCUT2D eigenvalue weighted by Gasteiger charge is 2.28.